The fourth-order valence-electron chi connectivity index (χ4n) is 1.23. The van der Waals surface area contributed by atoms with Crippen LogP contribution in [0.25, 0.3) is 10.9 Å². The van der Waals surface area contributed by atoms with E-state index in [4.69, 9.17) is 0 Å². The molecule has 0 saturated carbocycles. The molecule has 0 radical (unpaired) electrons. The summed E-state index contributed by atoms with van der Waals surface area (Å²) in [5.41, 5.74) is 0.939. The molecule has 2 nitrogen and oxygen atoms in total. The molecule has 14 heavy (non-hydrogen) atoms. The van der Waals surface area contributed by atoms with Crippen LogP contribution in [0.3, 0.4) is 0 Å². The molecule has 0 amide bonds. The first-order valence-electron chi connectivity index (χ1n) is 3.75. The summed E-state index contributed by atoms with van der Waals surface area (Å²) in [6.07, 6.45) is 1.73. The Morgan fingerprint density at radius 1 is 1.29 bits per heavy atom. The molecule has 2 aromatic rings. The van der Waals surface area contributed by atoms with Crippen molar-refractivity contribution in [3.63, 3.8) is 0 Å². The van der Waals surface area contributed by atoms with Crippen LogP contribution in [0, 0.1) is 7.14 Å². The summed E-state index contributed by atoms with van der Waals surface area (Å²) >= 11 is 7.66. The van der Waals surface area contributed by atoms with Crippen molar-refractivity contribution in [1.82, 2.24) is 4.98 Å². The first kappa shape index (κ1) is 10.9. The van der Waals surface area contributed by atoms with Gasteiger partial charge in [-0.05, 0) is 73.2 Å². The van der Waals surface area contributed by atoms with Gasteiger partial charge in [-0.2, -0.15) is 0 Å². The van der Waals surface area contributed by atoms with Crippen LogP contribution in [-0.4, -0.2) is 4.98 Å². The highest BCUT2D eigenvalue weighted by Crippen LogP contribution is 2.23. The van der Waals surface area contributed by atoms with Gasteiger partial charge in [0.1, 0.15) is 0 Å². The first-order chi connectivity index (χ1) is 6.59. The van der Waals surface area contributed by atoms with Crippen LogP contribution >= 0.6 is 61.1 Å². The van der Waals surface area contributed by atoms with E-state index in [1.807, 2.05) is 34.7 Å². The molecule has 1 N–H and O–H groups in total. The molecule has 2 rings (SSSR count). The third-order valence-corrected chi connectivity index (χ3v) is 3.91. The number of H-pyrrole nitrogens is 1. The van der Waals surface area contributed by atoms with E-state index in [2.05, 4.69) is 43.5 Å². The lowest BCUT2D eigenvalue weighted by molar-refractivity contribution is 1.35. The van der Waals surface area contributed by atoms with Gasteiger partial charge in [0.25, 0.3) is 0 Å². The van der Waals surface area contributed by atoms with Gasteiger partial charge in [-0.25, -0.2) is 0 Å². The number of nitrogens with one attached hydrogen (secondary N) is 1. The quantitative estimate of drug-likeness (QED) is 0.581. The van der Waals surface area contributed by atoms with Crippen molar-refractivity contribution in [2.24, 2.45) is 0 Å². The van der Waals surface area contributed by atoms with E-state index in [0.29, 0.717) is 3.57 Å². The van der Waals surface area contributed by atoms with Gasteiger partial charge in [0.2, 0.25) is 5.43 Å². The molecule has 0 unspecified atom stereocenters. The van der Waals surface area contributed by atoms with Gasteiger partial charge in [-0.15, -0.1) is 0 Å². The van der Waals surface area contributed by atoms with Crippen LogP contribution in [0.4, 0.5) is 0 Å². The molecular weight excluding hydrogens is 472 g/mol. The molecule has 1 aromatic carbocycles. The van der Waals surface area contributed by atoms with E-state index in [1.54, 1.807) is 6.20 Å². The summed E-state index contributed by atoms with van der Waals surface area (Å²) in [6.45, 7) is 0. The summed E-state index contributed by atoms with van der Waals surface area (Å²) in [5, 5.41) is 0.732. The van der Waals surface area contributed by atoms with Crippen LogP contribution in [-0.2, 0) is 0 Å². The van der Waals surface area contributed by atoms with Gasteiger partial charge in [0.05, 0.1) is 9.09 Å². The fraction of sp³-hybridized carbons (Fsp3) is 0. The molecule has 0 aliphatic rings. The number of pyridine rings is 1. The highest BCUT2D eigenvalue weighted by Gasteiger charge is 2.06. The molecule has 0 atom stereocenters. The van der Waals surface area contributed by atoms with Crippen molar-refractivity contribution in [1.29, 1.82) is 0 Å². The molecule has 1 heterocycles. The largest absolute Gasteiger partial charge is 0.359 e. The lowest BCUT2D eigenvalue weighted by Crippen LogP contribution is -2.06. The van der Waals surface area contributed by atoms with Crippen LogP contribution in [0.15, 0.2) is 27.6 Å². The summed E-state index contributed by atoms with van der Waals surface area (Å²) in [5.74, 6) is 0. The predicted molar refractivity (Wildman–Crippen MR) is 77.7 cm³/mol. The van der Waals surface area contributed by atoms with E-state index < -0.39 is 0 Å². The Bertz CT molecular complexity index is 564. The van der Waals surface area contributed by atoms with Gasteiger partial charge in [0.15, 0.2) is 0 Å². The number of benzene rings is 1. The Morgan fingerprint density at radius 2 is 2.00 bits per heavy atom. The zero-order valence-electron chi connectivity index (χ0n) is 6.77. The Balaban J connectivity index is 3.03. The summed E-state index contributed by atoms with van der Waals surface area (Å²) in [7, 11) is 0. The molecule has 0 bridgehead atoms. The minimum absolute atomic E-state index is 0.0820. The Labute approximate surface area is 116 Å². The zero-order valence-corrected chi connectivity index (χ0v) is 12.7. The maximum Gasteiger partial charge on any atom is 0.202 e. The average Bonchev–Trinajstić information content (AvgIpc) is 2.12. The standard InChI is InChI=1S/C9H4BrI2NO/c10-6-2-4(11)1-5-8(6)13-3-7(12)9(5)14/h1-3H,(H,13,14). The topological polar surface area (TPSA) is 32.9 Å². The van der Waals surface area contributed by atoms with Crippen molar-refractivity contribution in [2.75, 3.05) is 0 Å². The van der Waals surface area contributed by atoms with Crippen molar-refractivity contribution in [3.8, 4) is 0 Å². The van der Waals surface area contributed by atoms with Crippen LogP contribution in [0.1, 0.15) is 0 Å². The second-order valence-corrected chi connectivity index (χ2v) is 6.04. The number of rotatable bonds is 0. The average molecular weight is 476 g/mol. The minimum Gasteiger partial charge on any atom is -0.359 e. The zero-order chi connectivity index (χ0) is 10.3. The van der Waals surface area contributed by atoms with Crippen molar-refractivity contribution < 1.29 is 0 Å². The van der Waals surface area contributed by atoms with E-state index in [0.717, 1.165) is 18.9 Å². The highest BCUT2D eigenvalue weighted by molar-refractivity contribution is 14.1. The Kier molecular flexibility index (Phi) is 3.18. The van der Waals surface area contributed by atoms with Crippen LogP contribution < -0.4 is 5.43 Å². The second kappa shape index (κ2) is 4.09. The number of halogens is 3. The van der Waals surface area contributed by atoms with Crippen molar-refractivity contribution >= 4 is 72.0 Å². The molecule has 5 heteroatoms. The lowest BCUT2D eigenvalue weighted by Gasteiger charge is -2.02. The summed E-state index contributed by atoms with van der Waals surface area (Å²) in [4.78, 5) is 14.9. The lowest BCUT2D eigenvalue weighted by atomic mass is 10.2. The first-order valence-corrected chi connectivity index (χ1v) is 6.70. The van der Waals surface area contributed by atoms with Gasteiger partial charge < -0.3 is 4.98 Å². The number of hydrogen-bond donors (Lipinski definition) is 1. The van der Waals surface area contributed by atoms with Gasteiger partial charge in [-0.3, -0.25) is 4.79 Å². The molecule has 72 valence electrons. The maximum atomic E-state index is 11.8. The smallest absolute Gasteiger partial charge is 0.202 e. The van der Waals surface area contributed by atoms with E-state index >= 15 is 0 Å². The minimum atomic E-state index is 0.0820. The maximum absolute atomic E-state index is 11.8. The second-order valence-electron chi connectivity index (χ2n) is 2.78. The van der Waals surface area contributed by atoms with Gasteiger partial charge in [0, 0.05) is 19.6 Å². The molecular formula is C9H4BrI2NO. The van der Waals surface area contributed by atoms with Crippen molar-refractivity contribution in [3.05, 3.63) is 40.2 Å². The molecule has 0 saturated heterocycles. The van der Waals surface area contributed by atoms with E-state index in [9.17, 15) is 4.79 Å². The van der Waals surface area contributed by atoms with E-state index in [-0.39, 0.29) is 5.43 Å². The van der Waals surface area contributed by atoms with E-state index in [1.165, 1.54) is 0 Å². The fourth-order valence-corrected chi connectivity index (χ4v) is 3.30. The molecule has 0 fully saturated rings. The summed E-state index contributed by atoms with van der Waals surface area (Å²) < 4.78 is 2.69. The van der Waals surface area contributed by atoms with Crippen molar-refractivity contribution in [2.45, 2.75) is 0 Å². The Morgan fingerprint density at radius 3 is 2.71 bits per heavy atom. The third-order valence-electron chi connectivity index (χ3n) is 1.86. The SMILES string of the molecule is O=c1c(I)c[nH]c2c(Br)cc(I)cc12. The highest BCUT2D eigenvalue weighted by atomic mass is 127. The number of aromatic amines is 1. The normalized spacial score (nSPS) is 10.8. The Hall–Kier alpha value is 0.370. The molecule has 1 aromatic heterocycles. The predicted octanol–water partition coefficient (Wildman–Crippen LogP) is 3.50. The molecule has 0 spiro atoms. The number of hydrogen-bond acceptors (Lipinski definition) is 1. The number of aromatic nitrogens is 1. The monoisotopic (exact) mass is 475 g/mol. The van der Waals surface area contributed by atoms with Gasteiger partial charge >= 0.3 is 0 Å². The van der Waals surface area contributed by atoms with Crippen LogP contribution in [0.5, 0.6) is 0 Å². The third kappa shape index (κ3) is 1.85. The van der Waals surface area contributed by atoms with Crippen LogP contribution in [0.2, 0.25) is 0 Å². The molecule has 0 aliphatic heterocycles. The van der Waals surface area contributed by atoms with Gasteiger partial charge in [-0.1, -0.05) is 0 Å². The molecule has 0 aliphatic carbocycles. The number of fused-ring (bicyclic) bond motifs is 1. The summed E-state index contributed by atoms with van der Waals surface area (Å²) in [6, 6.07) is 3.87.